The molecule has 6 rings (SSSR count). The molecular weight excluding hydrogens is 542 g/mol. The first kappa shape index (κ1) is 27.4. The molecule has 0 aromatic heterocycles. The minimum atomic E-state index is -1.23. The number of aryl methyl sites for hydroxylation is 1. The summed E-state index contributed by atoms with van der Waals surface area (Å²) in [6.45, 7) is 1.83. The fraction of sp³-hybridized carbons (Fsp3) is 0.310. The summed E-state index contributed by atoms with van der Waals surface area (Å²) in [5.74, 6) is -1.91. The monoisotopic (exact) mass is 570 g/mol. The predicted octanol–water partition coefficient (Wildman–Crippen LogP) is 5.45. The van der Waals surface area contributed by atoms with E-state index in [1.54, 1.807) is 30.3 Å². The normalized spacial score (nSPS) is 26.6. The minimum Gasteiger partial charge on any atom is -0.465 e. The van der Waals surface area contributed by atoms with E-state index in [2.05, 4.69) is 16.0 Å². The molecular formula is C29H29Cl2FN4O3. The Hall–Kier alpha value is -3.17. The summed E-state index contributed by atoms with van der Waals surface area (Å²) in [5, 5.41) is 10.6. The van der Waals surface area contributed by atoms with Crippen LogP contribution in [0.3, 0.4) is 0 Å². The van der Waals surface area contributed by atoms with E-state index in [-0.39, 0.29) is 36.5 Å². The molecule has 0 radical (unpaired) electrons. The van der Waals surface area contributed by atoms with Crippen molar-refractivity contribution in [1.82, 2.24) is 10.6 Å². The van der Waals surface area contributed by atoms with Crippen LogP contribution in [0.2, 0.25) is 10.0 Å². The molecule has 1 amide bonds. The molecule has 3 heterocycles. The van der Waals surface area contributed by atoms with Gasteiger partial charge in [0.1, 0.15) is 11.4 Å². The highest BCUT2D eigenvalue weighted by atomic mass is 35.5. The minimum absolute atomic E-state index is 0. The van der Waals surface area contributed by atoms with Crippen LogP contribution in [0.1, 0.15) is 58.4 Å². The molecule has 5 N–H and O–H groups in total. The van der Waals surface area contributed by atoms with Crippen LogP contribution in [-0.4, -0.2) is 31.1 Å². The fourth-order valence-electron chi connectivity index (χ4n) is 6.49. The first-order valence-corrected chi connectivity index (χ1v) is 13.0. The highest BCUT2D eigenvalue weighted by molar-refractivity contribution is 6.31. The van der Waals surface area contributed by atoms with Gasteiger partial charge in [-0.1, -0.05) is 54.9 Å². The molecule has 204 valence electrons. The summed E-state index contributed by atoms with van der Waals surface area (Å²) in [4.78, 5) is 25.8. The van der Waals surface area contributed by atoms with Crippen LogP contribution in [0.4, 0.5) is 15.8 Å². The molecule has 10 heteroatoms. The zero-order valence-electron chi connectivity index (χ0n) is 20.6. The Morgan fingerprint density at radius 2 is 1.92 bits per heavy atom. The number of nitrogen functional groups attached to an aromatic ring is 1. The van der Waals surface area contributed by atoms with Crippen LogP contribution >= 0.6 is 23.2 Å². The predicted molar refractivity (Wildman–Crippen MR) is 151 cm³/mol. The fourth-order valence-corrected chi connectivity index (χ4v) is 6.84. The van der Waals surface area contributed by atoms with E-state index in [0.717, 1.165) is 11.1 Å². The van der Waals surface area contributed by atoms with Crippen LogP contribution in [0, 0.1) is 12.7 Å². The van der Waals surface area contributed by atoms with E-state index in [1.807, 2.05) is 19.1 Å². The first-order chi connectivity index (χ1) is 18.1. The molecule has 1 spiro atoms. The van der Waals surface area contributed by atoms with Gasteiger partial charge < -0.3 is 21.1 Å². The Balaban J connectivity index is 0.00000308. The Kier molecular flexibility index (Phi) is 6.87. The summed E-state index contributed by atoms with van der Waals surface area (Å²) < 4.78 is 20.5. The van der Waals surface area contributed by atoms with Gasteiger partial charge in [-0.05, 0) is 54.3 Å². The number of hydrogen-bond acceptors (Lipinski definition) is 6. The molecule has 1 unspecified atom stereocenters. The lowest BCUT2D eigenvalue weighted by Gasteiger charge is -2.34. The first-order valence-electron chi connectivity index (χ1n) is 12.2. The van der Waals surface area contributed by atoms with Crippen LogP contribution in [0.5, 0.6) is 0 Å². The smallest absolute Gasteiger partial charge is 0.338 e. The molecule has 0 bridgehead atoms. The van der Waals surface area contributed by atoms with Crippen molar-refractivity contribution >= 4 is 46.5 Å². The van der Waals surface area contributed by atoms with Crippen LogP contribution < -0.4 is 21.7 Å². The average molecular weight is 571 g/mol. The number of rotatable bonds is 3. The highest BCUT2D eigenvalue weighted by Crippen LogP contribution is 2.55. The number of fused-ring (bicyclic) bond motifs is 3. The van der Waals surface area contributed by atoms with Gasteiger partial charge in [-0.2, -0.15) is 0 Å². The molecule has 3 aromatic carbocycles. The average Bonchev–Trinajstić information content (AvgIpc) is 3.51. The number of benzene rings is 3. The Labute approximate surface area is 236 Å². The van der Waals surface area contributed by atoms with Gasteiger partial charge in [0.25, 0.3) is 0 Å². The van der Waals surface area contributed by atoms with E-state index in [4.69, 9.17) is 33.7 Å². The molecule has 0 saturated carbocycles. The lowest BCUT2D eigenvalue weighted by atomic mass is 9.74. The van der Waals surface area contributed by atoms with Crippen LogP contribution in [0.15, 0.2) is 48.5 Å². The number of halogens is 3. The SMILES string of the molecule is C.COC(=O)c1cc(N)c(C2C[C@@H]3N[C@@]4(C(=O)Nc5cc(Cl)ccc54)[C@@H](c4cccc(Cl)c4F)[C@@H]3N2)cc1C. The third-order valence-corrected chi connectivity index (χ3v) is 8.62. The number of nitrogens with one attached hydrogen (secondary N) is 3. The van der Waals surface area contributed by atoms with Gasteiger partial charge in [0.15, 0.2) is 0 Å². The number of ether oxygens (including phenoxy) is 1. The lowest BCUT2D eigenvalue weighted by molar-refractivity contribution is -0.122. The van der Waals surface area contributed by atoms with E-state index >= 15 is 4.39 Å². The quantitative estimate of drug-likeness (QED) is 0.246. The summed E-state index contributed by atoms with van der Waals surface area (Å²) in [6.07, 6.45) is 0.586. The standard InChI is InChI=1S/C28H25Cl2FN4O3.CH4/c1-12-8-16(19(32)10-15(12)26(36)38-2)20-11-22-25(33-20)23(14-4-3-5-18(30)24(14)31)28(35-22)17-7-6-13(29)9-21(17)34-27(28)37;/h3-10,20,22-23,25,33,35H,11,32H2,1-2H3,(H,34,37);1H4/t20?,22-,23-,25+,28+;/m0./s1. The molecule has 39 heavy (non-hydrogen) atoms. The molecule has 2 saturated heterocycles. The van der Waals surface area contributed by atoms with Gasteiger partial charge in [0, 0.05) is 46.0 Å². The highest BCUT2D eigenvalue weighted by Gasteiger charge is 2.64. The number of anilines is 2. The summed E-state index contributed by atoms with van der Waals surface area (Å²) >= 11 is 12.4. The van der Waals surface area contributed by atoms with Gasteiger partial charge in [0.05, 0.1) is 17.7 Å². The number of hydrogen-bond donors (Lipinski definition) is 4. The number of esters is 1. The molecule has 3 aromatic rings. The van der Waals surface area contributed by atoms with Crippen molar-refractivity contribution in [1.29, 1.82) is 0 Å². The third kappa shape index (κ3) is 4.00. The van der Waals surface area contributed by atoms with Gasteiger partial charge in [-0.15, -0.1) is 0 Å². The summed E-state index contributed by atoms with van der Waals surface area (Å²) in [5.41, 5.74) is 9.24. The van der Waals surface area contributed by atoms with E-state index < -0.39 is 23.2 Å². The number of carbonyl (C=O) groups excluding carboxylic acids is 2. The molecule has 7 nitrogen and oxygen atoms in total. The van der Waals surface area contributed by atoms with Crippen molar-refractivity contribution in [3.8, 4) is 0 Å². The maximum atomic E-state index is 15.6. The lowest BCUT2D eigenvalue weighted by Crippen LogP contribution is -2.50. The summed E-state index contributed by atoms with van der Waals surface area (Å²) in [7, 11) is 1.33. The van der Waals surface area contributed by atoms with Crippen molar-refractivity contribution in [3.05, 3.63) is 92.2 Å². The largest absolute Gasteiger partial charge is 0.465 e. The van der Waals surface area contributed by atoms with Crippen molar-refractivity contribution in [2.75, 3.05) is 18.2 Å². The van der Waals surface area contributed by atoms with Crippen LogP contribution in [0.25, 0.3) is 0 Å². The Morgan fingerprint density at radius 1 is 1.15 bits per heavy atom. The second-order valence-corrected chi connectivity index (χ2v) is 10.9. The molecule has 0 aliphatic carbocycles. The van der Waals surface area contributed by atoms with E-state index in [9.17, 15) is 9.59 Å². The van der Waals surface area contributed by atoms with E-state index in [1.165, 1.54) is 13.2 Å². The second-order valence-electron chi connectivity index (χ2n) is 10.1. The van der Waals surface area contributed by atoms with Crippen LogP contribution in [-0.2, 0) is 15.1 Å². The maximum Gasteiger partial charge on any atom is 0.338 e. The number of methoxy groups -OCH3 is 1. The van der Waals surface area contributed by atoms with E-state index in [0.29, 0.717) is 39.5 Å². The topological polar surface area (TPSA) is 105 Å². The third-order valence-electron chi connectivity index (χ3n) is 8.10. The van der Waals surface area contributed by atoms with Gasteiger partial charge in [-0.3, -0.25) is 10.1 Å². The van der Waals surface area contributed by atoms with Gasteiger partial charge >= 0.3 is 5.97 Å². The van der Waals surface area contributed by atoms with Gasteiger partial charge in [-0.25, -0.2) is 9.18 Å². The number of nitrogens with two attached hydrogens (primary N) is 1. The Bertz CT molecular complexity index is 1520. The van der Waals surface area contributed by atoms with Crippen molar-refractivity contribution in [3.63, 3.8) is 0 Å². The van der Waals surface area contributed by atoms with Crippen molar-refractivity contribution in [2.24, 2.45) is 0 Å². The Morgan fingerprint density at radius 3 is 2.67 bits per heavy atom. The zero-order chi connectivity index (χ0) is 26.9. The summed E-state index contributed by atoms with van der Waals surface area (Å²) in [6, 6.07) is 12.9. The second kappa shape index (κ2) is 9.78. The van der Waals surface area contributed by atoms with Crippen molar-refractivity contribution < 1.29 is 18.7 Å². The molecule has 5 atom stereocenters. The van der Waals surface area contributed by atoms with Gasteiger partial charge in [0.2, 0.25) is 5.91 Å². The molecule has 3 aliphatic rings. The molecule has 2 fully saturated rings. The van der Waals surface area contributed by atoms with Crippen molar-refractivity contribution in [2.45, 2.75) is 50.4 Å². The number of carbonyl (C=O) groups is 2. The molecule has 3 aliphatic heterocycles. The number of amides is 1. The zero-order valence-corrected chi connectivity index (χ0v) is 22.1. The maximum absolute atomic E-state index is 15.6.